The molecule has 49 heavy (non-hydrogen) atoms. The van der Waals surface area contributed by atoms with Crippen LogP contribution in [0.15, 0.2) is 35.3 Å². The highest BCUT2D eigenvalue weighted by Gasteiger charge is 2.38. The number of carbonyl (C=O) groups excluding carboxylic acids is 4. The second kappa shape index (κ2) is 18.0. The van der Waals surface area contributed by atoms with Crippen LogP contribution in [-0.4, -0.2) is 105 Å². The molecule has 3 amide bonds. The van der Waals surface area contributed by atoms with Crippen molar-refractivity contribution in [1.29, 1.82) is 0 Å². The van der Waals surface area contributed by atoms with Gasteiger partial charge in [-0.25, -0.2) is 27.9 Å². The lowest BCUT2D eigenvalue weighted by atomic mass is 9.86. The smallest absolute Gasteiger partial charge is 0.434 e. The van der Waals surface area contributed by atoms with E-state index in [1.165, 1.54) is 4.90 Å². The summed E-state index contributed by atoms with van der Waals surface area (Å²) in [6.45, 7) is 10.5. The number of nitrogens with zero attached hydrogens (tertiary/aromatic N) is 3. The summed E-state index contributed by atoms with van der Waals surface area (Å²) in [5.74, 6) is 5.38. The monoisotopic (exact) mass is 706 g/mol. The molecule has 0 spiro atoms. The van der Waals surface area contributed by atoms with E-state index in [-0.39, 0.29) is 49.1 Å². The summed E-state index contributed by atoms with van der Waals surface area (Å²) in [7, 11) is -3.69. The third-order valence-corrected chi connectivity index (χ3v) is 9.42. The summed E-state index contributed by atoms with van der Waals surface area (Å²) in [6, 6.07) is 7.06. The van der Waals surface area contributed by atoms with E-state index in [0.29, 0.717) is 45.3 Å². The van der Waals surface area contributed by atoms with Crippen molar-refractivity contribution in [2.24, 2.45) is 28.1 Å². The van der Waals surface area contributed by atoms with Gasteiger partial charge in [0, 0.05) is 31.3 Å². The number of benzene rings is 1. The van der Waals surface area contributed by atoms with Crippen LogP contribution in [0.1, 0.15) is 72.3 Å². The van der Waals surface area contributed by atoms with Gasteiger partial charge < -0.3 is 19.7 Å². The van der Waals surface area contributed by atoms with E-state index in [4.69, 9.17) is 15.3 Å². The first-order valence-corrected chi connectivity index (χ1v) is 18.9. The highest BCUT2D eigenvalue weighted by molar-refractivity contribution is 7.88. The van der Waals surface area contributed by atoms with Gasteiger partial charge in [0.05, 0.1) is 18.9 Å². The number of nitrogens with one attached hydrogen (secondary N) is 2. The van der Waals surface area contributed by atoms with Crippen molar-refractivity contribution in [3.63, 3.8) is 0 Å². The molecule has 0 saturated carbocycles. The zero-order valence-corrected chi connectivity index (χ0v) is 30.4. The quantitative estimate of drug-likeness (QED) is 0.139. The molecular weight excluding hydrogens is 652 g/mol. The standard InChI is InChI=1S/C34H54N6O8S/c1-23(2)22-47-33(44)48-24(3)19-34(4,5)32(43)37-21-27-17-26(14-16-40(27)35)20-36-30(41)29-13-10-15-39(29)31(42)28(38-49(6,45)46)18-25-11-8-7-9-12-25/h7-9,11-12,21,23-24,26-29,38H,10,13-20,22,35H2,1-6H3,(H,36,41)/t24?,26?,27?,28-,29+/m1/s1. The van der Waals surface area contributed by atoms with Crippen LogP contribution in [0.2, 0.25) is 0 Å². The molecule has 0 aromatic heterocycles. The number of sulfonamides is 1. The van der Waals surface area contributed by atoms with Gasteiger partial charge in [-0.3, -0.25) is 20.2 Å². The minimum atomic E-state index is -3.69. The van der Waals surface area contributed by atoms with E-state index in [9.17, 15) is 27.6 Å². The number of hydrogen-bond acceptors (Lipinski definition) is 10. The Labute approximate surface area is 290 Å². The summed E-state index contributed by atoms with van der Waals surface area (Å²) >= 11 is 0. The van der Waals surface area contributed by atoms with Crippen molar-refractivity contribution in [3.05, 3.63) is 35.9 Å². The third-order valence-electron chi connectivity index (χ3n) is 8.71. The predicted molar refractivity (Wildman–Crippen MR) is 186 cm³/mol. The van der Waals surface area contributed by atoms with Crippen LogP contribution in [0.4, 0.5) is 4.79 Å². The van der Waals surface area contributed by atoms with Crippen molar-refractivity contribution in [1.82, 2.24) is 19.9 Å². The topological polar surface area (TPSA) is 190 Å². The number of nitrogens with two attached hydrogens (primary N) is 1. The second-order valence-electron chi connectivity index (χ2n) is 14.3. The Hall–Kier alpha value is -3.40. The highest BCUT2D eigenvalue weighted by atomic mass is 32.2. The Bertz CT molecular complexity index is 1420. The normalized spacial score (nSPS) is 21.8. The Morgan fingerprint density at radius 2 is 1.80 bits per heavy atom. The molecule has 2 saturated heterocycles. The Balaban J connectivity index is 1.55. The van der Waals surface area contributed by atoms with Crippen molar-refractivity contribution in [2.75, 3.05) is 32.5 Å². The molecule has 2 heterocycles. The predicted octanol–water partition coefficient (Wildman–Crippen LogP) is 2.42. The number of ether oxygens (including phenoxy) is 2. The highest BCUT2D eigenvalue weighted by Crippen LogP contribution is 2.27. The van der Waals surface area contributed by atoms with Crippen molar-refractivity contribution in [3.8, 4) is 0 Å². The van der Waals surface area contributed by atoms with E-state index in [2.05, 4.69) is 15.0 Å². The number of piperidine rings is 1. The zero-order valence-electron chi connectivity index (χ0n) is 29.6. The molecule has 0 bridgehead atoms. The maximum absolute atomic E-state index is 13.6. The molecule has 3 unspecified atom stereocenters. The fraction of sp³-hybridized carbons (Fsp3) is 0.676. The van der Waals surface area contributed by atoms with E-state index in [1.807, 2.05) is 44.2 Å². The molecule has 1 aromatic carbocycles. The molecule has 4 N–H and O–H groups in total. The summed E-state index contributed by atoms with van der Waals surface area (Å²) in [6.07, 6.45) is 4.02. The van der Waals surface area contributed by atoms with Gasteiger partial charge in [0.15, 0.2) is 0 Å². The van der Waals surface area contributed by atoms with Gasteiger partial charge in [-0.1, -0.05) is 58.0 Å². The first kappa shape index (κ1) is 40.0. The molecule has 1 aromatic rings. The number of likely N-dealkylation sites (tertiary alicyclic amines) is 1. The van der Waals surface area contributed by atoms with Crippen LogP contribution in [0, 0.1) is 17.3 Å². The van der Waals surface area contributed by atoms with E-state index in [1.54, 1.807) is 32.0 Å². The molecule has 2 fully saturated rings. The molecule has 0 aliphatic carbocycles. The fourth-order valence-electron chi connectivity index (χ4n) is 6.19. The first-order chi connectivity index (χ1) is 22.9. The first-order valence-electron chi connectivity index (χ1n) is 17.0. The van der Waals surface area contributed by atoms with Gasteiger partial charge in [0.25, 0.3) is 5.91 Å². The summed E-state index contributed by atoms with van der Waals surface area (Å²) in [5.41, 5.74) is -0.105. The Morgan fingerprint density at radius 1 is 1.10 bits per heavy atom. The number of amides is 3. The van der Waals surface area contributed by atoms with E-state index < -0.39 is 45.7 Å². The number of hydrogen-bond donors (Lipinski definition) is 3. The zero-order chi connectivity index (χ0) is 36.4. The maximum atomic E-state index is 13.6. The van der Waals surface area contributed by atoms with Crippen LogP contribution in [0.5, 0.6) is 0 Å². The molecular formula is C34H54N6O8S. The SMILES string of the molecule is CC(C)COC(=O)OC(C)CC(C)(C)C(=O)N=CC1CC(CNC(=O)[C@@H]2CCCN2C(=O)[C@@H](Cc2ccccc2)NS(C)(=O)=O)CCN1N. The number of carbonyl (C=O) groups is 4. The Kier molecular flexibility index (Phi) is 14.7. The average molecular weight is 707 g/mol. The van der Waals surface area contributed by atoms with Gasteiger partial charge in [0.2, 0.25) is 21.8 Å². The van der Waals surface area contributed by atoms with Gasteiger partial charge in [0.1, 0.15) is 18.2 Å². The van der Waals surface area contributed by atoms with Crippen LogP contribution < -0.4 is 15.9 Å². The lowest BCUT2D eigenvalue weighted by Crippen LogP contribution is -2.55. The van der Waals surface area contributed by atoms with E-state index in [0.717, 1.165) is 11.8 Å². The fourth-order valence-corrected chi connectivity index (χ4v) is 6.89. The number of rotatable bonds is 15. The molecule has 5 atom stereocenters. The van der Waals surface area contributed by atoms with Gasteiger partial charge >= 0.3 is 6.16 Å². The van der Waals surface area contributed by atoms with Crippen LogP contribution >= 0.6 is 0 Å². The van der Waals surface area contributed by atoms with Crippen molar-refractivity contribution >= 4 is 40.1 Å². The van der Waals surface area contributed by atoms with E-state index >= 15 is 0 Å². The van der Waals surface area contributed by atoms with Gasteiger partial charge in [-0.05, 0) is 62.8 Å². The Morgan fingerprint density at radius 3 is 2.45 bits per heavy atom. The molecule has 14 nitrogen and oxygen atoms in total. The van der Waals surface area contributed by atoms with Crippen LogP contribution in [0.25, 0.3) is 0 Å². The summed E-state index contributed by atoms with van der Waals surface area (Å²) in [5, 5.41) is 4.62. The molecule has 274 valence electrons. The third kappa shape index (κ3) is 13.1. The molecule has 0 radical (unpaired) electrons. The summed E-state index contributed by atoms with van der Waals surface area (Å²) < 4.78 is 37.1. The number of aliphatic imine (C=N–C) groups is 1. The summed E-state index contributed by atoms with van der Waals surface area (Å²) in [4.78, 5) is 57.6. The minimum absolute atomic E-state index is 0.0527. The lowest BCUT2D eigenvalue weighted by molar-refractivity contribution is -0.139. The van der Waals surface area contributed by atoms with Crippen molar-refractivity contribution < 1.29 is 37.1 Å². The minimum Gasteiger partial charge on any atom is -0.434 e. The molecule has 3 rings (SSSR count). The maximum Gasteiger partial charge on any atom is 0.508 e. The van der Waals surface area contributed by atoms with Gasteiger partial charge in [-0.15, -0.1) is 0 Å². The molecule has 2 aliphatic heterocycles. The second-order valence-corrected chi connectivity index (χ2v) is 16.1. The average Bonchev–Trinajstić information content (AvgIpc) is 3.51. The van der Waals surface area contributed by atoms with Gasteiger partial charge in [-0.2, -0.15) is 0 Å². The van der Waals surface area contributed by atoms with Crippen molar-refractivity contribution in [2.45, 2.75) is 97.4 Å². The molecule has 2 aliphatic rings. The van der Waals surface area contributed by atoms with Crippen LogP contribution in [-0.2, 0) is 40.3 Å². The number of hydrazine groups is 1. The van der Waals surface area contributed by atoms with Crippen LogP contribution in [0.3, 0.4) is 0 Å². The molecule has 15 heteroatoms. The largest absolute Gasteiger partial charge is 0.508 e. The lowest BCUT2D eigenvalue weighted by Gasteiger charge is -2.35.